The SMILES string of the molecule is COc1ccc2cc([C@H](N)CO)ccc2c1. The van der Waals surface area contributed by atoms with Crippen LogP contribution in [0.15, 0.2) is 36.4 Å². The molecule has 2 rings (SSSR count). The molecule has 0 saturated carbocycles. The lowest BCUT2D eigenvalue weighted by atomic mass is 10.0. The van der Waals surface area contributed by atoms with Gasteiger partial charge < -0.3 is 15.6 Å². The molecule has 0 bridgehead atoms. The fraction of sp³-hybridized carbons (Fsp3) is 0.231. The van der Waals surface area contributed by atoms with E-state index in [1.807, 2.05) is 36.4 Å². The maximum absolute atomic E-state index is 9.00. The quantitative estimate of drug-likeness (QED) is 0.824. The summed E-state index contributed by atoms with van der Waals surface area (Å²) in [6, 6.07) is 11.5. The van der Waals surface area contributed by atoms with Crippen LogP contribution in [-0.2, 0) is 0 Å². The van der Waals surface area contributed by atoms with Gasteiger partial charge in [0.05, 0.1) is 19.8 Å². The molecule has 1 atom stereocenters. The van der Waals surface area contributed by atoms with Crippen molar-refractivity contribution in [1.29, 1.82) is 0 Å². The van der Waals surface area contributed by atoms with Crippen molar-refractivity contribution in [3.63, 3.8) is 0 Å². The van der Waals surface area contributed by atoms with E-state index >= 15 is 0 Å². The van der Waals surface area contributed by atoms with Gasteiger partial charge in [0.15, 0.2) is 0 Å². The van der Waals surface area contributed by atoms with Gasteiger partial charge in [0.1, 0.15) is 5.75 Å². The Morgan fingerprint density at radius 1 is 1.19 bits per heavy atom. The first-order chi connectivity index (χ1) is 7.74. The molecule has 0 aliphatic carbocycles. The van der Waals surface area contributed by atoms with Crippen molar-refractivity contribution < 1.29 is 9.84 Å². The number of aliphatic hydroxyl groups excluding tert-OH is 1. The van der Waals surface area contributed by atoms with Crippen LogP contribution < -0.4 is 10.5 Å². The molecule has 3 nitrogen and oxygen atoms in total. The van der Waals surface area contributed by atoms with Gasteiger partial charge in [0.2, 0.25) is 0 Å². The Balaban J connectivity index is 2.47. The maximum atomic E-state index is 9.00. The molecule has 0 radical (unpaired) electrons. The number of methoxy groups -OCH3 is 1. The highest BCUT2D eigenvalue weighted by Crippen LogP contribution is 2.23. The summed E-state index contributed by atoms with van der Waals surface area (Å²) in [7, 11) is 1.65. The molecule has 0 aromatic heterocycles. The van der Waals surface area contributed by atoms with Crippen molar-refractivity contribution in [2.24, 2.45) is 5.73 Å². The largest absolute Gasteiger partial charge is 0.497 e. The number of hydrogen-bond donors (Lipinski definition) is 2. The predicted molar refractivity (Wildman–Crippen MR) is 64.5 cm³/mol. The number of hydrogen-bond acceptors (Lipinski definition) is 3. The van der Waals surface area contributed by atoms with Gasteiger partial charge in [-0.25, -0.2) is 0 Å². The molecule has 16 heavy (non-hydrogen) atoms. The molecule has 0 aliphatic heterocycles. The number of fused-ring (bicyclic) bond motifs is 1. The molecule has 3 N–H and O–H groups in total. The summed E-state index contributed by atoms with van der Waals surface area (Å²) >= 11 is 0. The van der Waals surface area contributed by atoms with Crippen LogP contribution in [0.5, 0.6) is 5.75 Å². The summed E-state index contributed by atoms with van der Waals surface area (Å²) in [4.78, 5) is 0. The van der Waals surface area contributed by atoms with Gasteiger partial charge >= 0.3 is 0 Å². The fourth-order valence-electron chi connectivity index (χ4n) is 1.71. The maximum Gasteiger partial charge on any atom is 0.119 e. The Kier molecular flexibility index (Phi) is 3.08. The Morgan fingerprint density at radius 3 is 2.56 bits per heavy atom. The van der Waals surface area contributed by atoms with E-state index in [0.29, 0.717) is 0 Å². The highest BCUT2D eigenvalue weighted by Gasteiger charge is 2.05. The second-order valence-corrected chi connectivity index (χ2v) is 3.76. The van der Waals surface area contributed by atoms with E-state index in [1.54, 1.807) is 7.11 Å². The smallest absolute Gasteiger partial charge is 0.119 e. The average molecular weight is 217 g/mol. The van der Waals surface area contributed by atoms with E-state index in [0.717, 1.165) is 22.1 Å². The van der Waals surface area contributed by atoms with Crippen molar-refractivity contribution in [2.45, 2.75) is 6.04 Å². The Bertz CT molecular complexity index is 496. The van der Waals surface area contributed by atoms with Gasteiger partial charge in [-0.05, 0) is 34.5 Å². The van der Waals surface area contributed by atoms with Gasteiger partial charge in [0.25, 0.3) is 0 Å². The van der Waals surface area contributed by atoms with Gasteiger partial charge in [-0.1, -0.05) is 18.2 Å². The zero-order chi connectivity index (χ0) is 11.5. The Hall–Kier alpha value is -1.58. The Morgan fingerprint density at radius 2 is 1.88 bits per heavy atom. The van der Waals surface area contributed by atoms with Crippen LogP contribution in [0.3, 0.4) is 0 Å². The average Bonchev–Trinajstić information content (AvgIpc) is 2.36. The number of aliphatic hydroxyl groups is 1. The first-order valence-electron chi connectivity index (χ1n) is 5.18. The van der Waals surface area contributed by atoms with Crippen LogP contribution in [0.25, 0.3) is 10.8 Å². The normalized spacial score (nSPS) is 12.7. The standard InChI is InChI=1S/C13H15NO2/c1-16-12-5-4-9-6-11(13(14)8-15)3-2-10(9)7-12/h2-7,13,15H,8,14H2,1H3/t13-/m1/s1. The fourth-order valence-corrected chi connectivity index (χ4v) is 1.71. The minimum atomic E-state index is -0.313. The van der Waals surface area contributed by atoms with Gasteiger partial charge in [-0.15, -0.1) is 0 Å². The van der Waals surface area contributed by atoms with E-state index < -0.39 is 0 Å². The minimum absolute atomic E-state index is 0.0400. The van der Waals surface area contributed by atoms with E-state index in [9.17, 15) is 0 Å². The van der Waals surface area contributed by atoms with E-state index in [4.69, 9.17) is 15.6 Å². The lowest BCUT2D eigenvalue weighted by Crippen LogP contribution is -2.14. The van der Waals surface area contributed by atoms with Crippen LogP contribution >= 0.6 is 0 Å². The number of benzene rings is 2. The second kappa shape index (κ2) is 4.51. The van der Waals surface area contributed by atoms with Gasteiger partial charge in [-0.3, -0.25) is 0 Å². The molecule has 0 amide bonds. The molecule has 84 valence electrons. The highest BCUT2D eigenvalue weighted by molar-refractivity contribution is 5.84. The third kappa shape index (κ3) is 2.01. The molecule has 0 unspecified atom stereocenters. The van der Waals surface area contributed by atoms with Gasteiger partial charge in [-0.2, -0.15) is 0 Å². The van der Waals surface area contributed by atoms with Crippen molar-refractivity contribution in [1.82, 2.24) is 0 Å². The summed E-state index contributed by atoms with van der Waals surface area (Å²) in [6.07, 6.45) is 0. The van der Waals surface area contributed by atoms with E-state index in [1.165, 1.54) is 0 Å². The summed E-state index contributed by atoms with van der Waals surface area (Å²) in [5.74, 6) is 0.840. The van der Waals surface area contributed by atoms with Crippen LogP contribution in [0.4, 0.5) is 0 Å². The zero-order valence-corrected chi connectivity index (χ0v) is 9.18. The molecule has 3 heteroatoms. The van der Waals surface area contributed by atoms with Crippen molar-refractivity contribution >= 4 is 10.8 Å². The molecule has 0 aliphatic rings. The van der Waals surface area contributed by atoms with Crippen molar-refractivity contribution in [3.8, 4) is 5.75 Å². The summed E-state index contributed by atoms with van der Waals surface area (Å²) < 4.78 is 5.16. The third-order valence-electron chi connectivity index (χ3n) is 2.70. The molecule has 0 fully saturated rings. The summed E-state index contributed by atoms with van der Waals surface area (Å²) in [5.41, 5.74) is 6.71. The zero-order valence-electron chi connectivity index (χ0n) is 9.18. The van der Waals surface area contributed by atoms with E-state index in [-0.39, 0.29) is 12.6 Å². The molecule has 2 aromatic carbocycles. The number of ether oxygens (including phenoxy) is 1. The van der Waals surface area contributed by atoms with Crippen LogP contribution in [0.1, 0.15) is 11.6 Å². The van der Waals surface area contributed by atoms with Crippen molar-refractivity contribution in [3.05, 3.63) is 42.0 Å². The monoisotopic (exact) mass is 217 g/mol. The molecule has 2 aromatic rings. The first kappa shape index (κ1) is 10.9. The van der Waals surface area contributed by atoms with Crippen LogP contribution in [-0.4, -0.2) is 18.8 Å². The third-order valence-corrected chi connectivity index (χ3v) is 2.70. The molecule has 0 spiro atoms. The predicted octanol–water partition coefficient (Wildman–Crippen LogP) is 1.84. The van der Waals surface area contributed by atoms with Crippen LogP contribution in [0.2, 0.25) is 0 Å². The first-order valence-corrected chi connectivity index (χ1v) is 5.18. The lowest BCUT2D eigenvalue weighted by Gasteiger charge is -2.10. The lowest BCUT2D eigenvalue weighted by molar-refractivity contribution is 0.268. The molecule has 0 heterocycles. The minimum Gasteiger partial charge on any atom is -0.497 e. The highest BCUT2D eigenvalue weighted by atomic mass is 16.5. The van der Waals surface area contributed by atoms with E-state index in [2.05, 4.69) is 0 Å². The second-order valence-electron chi connectivity index (χ2n) is 3.76. The van der Waals surface area contributed by atoms with Crippen molar-refractivity contribution in [2.75, 3.05) is 13.7 Å². The molecule has 0 saturated heterocycles. The number of nitrogens with two attached hydrogens (primary N) is 1. The topological polar surface area (TPSA) is 55.5 Å². The Labute approximate surface area is 94.5 Å². The summed E-state index contributed by atoms with van der Waals surface area (Å²) in [6.45, 7) is -0.0400. The molecular formula is C13H15NO2. The van der Waals surface area contributed by atoms with Gasteiger partial charge in [0, 0.05) is 0 Å². The summed E-state index contributed by atoms with van der Waals surface area (Å²) in [5, 5.41) is 11.2. The number of rotatable bonds is 3. The van der Waals surface area contributed by atoms with Crippen LogP contribution in [0, 0.1) is 0 Å². The molecular weight excluding hydrogens is 202 g/mol.